The molecule has 2 N–H and O–H groups in total. The van der Waals surface area contributed by atoms with Gasteiger partial charge in [-0.2, -0.15) is 0 Å². The van der Waals surface area contributed by atoms with E-state index in [1.165, 1.54) is 18.2 Å². The number of amides is 2. The molecule has 2 spiro atoms. The fourth-order valence-electron chi connectivity index (χ4n) is 6.06. The molecule has 3 aliphatic heterocycles. The lowest BCUT2D eigenvalue weighted by Crippen LogP contribution is -2.61. The third-order valence-corrected chi connectivity index (χ3v) is 7.75. The Hall–Kier alpha value is -2.11. The van der Waals surface area contributed by atoms with Gasteiger partial charge in [-0.1, -0.05) is 18.9 Å². The van der Waals surface area contributed by atoms with Crippen LogP contribution < -0.4 is 10.9 Å². The summed E-state index contributed by atoms with van der Waals surface area (Å²) < 4.78 is 45.3. The van der Waals surface area contributed by atoms with Gasteiger partial charge in [0.15, 0.2) is 24.0 Å². The van der Waals surface area contributed by atoms with E-state index in [9.17, 15) is 14.0 Å². The van der Waals surface area contributed by atoms with E-state index in [-0.39, 0.29) is 5.56 Å². The van der Waals surface area contributed by atoms with Crippen molar-refractivity contribution in [2.45, 2.75) is 106 Å². The average molecular weight is 491 g/mol. The van der Waals surface area contributed by atoms with E-state index < -0.39 is 59.9 Å². The first-order valence-electron chi connectivity index (χ1n) is 12.7. The molecule has 1 aromatic carbocycles. The molecule has 3 saturated heterocycles. The van der Waals surface area contributed by atoms with Crippen molar-refractivity contribution in [3.8, 4) is 0 Å². The number of hydrazine groups is 1. The van der Waals surface area contributed by atoms with Crippen molar-refractivity contribution in [2.24, 2.45) is 0 Å². The first-order valence-corrected chi connectivity index (χ1v) is 12.7. The highest BCUT2D eigenvalue weighted by molar-refractivity contribution is 5.95. The quantitative estimate of drug-likeness (QED) is 0.615. The van der Waals surface area contributed by atoms with Crippen molar-refractivity contribution >= 4 is 11.8 Å². The summed E-state index contributed by atoms with van der Waals surface area (Å²) in [6.45, 7) is 0. The maximum atomic E-state index is 13.5. The van der Waals surface area contributed by atoms with Gasteiger partial charge in [0.05, 0.1) is 0 Å². The molecule has 0 radical (unpaired) electrons. The molecule has 3 heterocycles. The van der Waals surface area contributed by atoms with Crippen LogP contribution in [0.1, 0.15) is 74.6 Å². The lowest BCUT2D eigenvalue weighted by molar-refractivity contribution is -0.247. The minimum atomic E-state index is -1.07. The molecule has 5 atom stereocenters. The topological polar surface area (TPSA) is 104 Å². The van der Waals surface area contributed by atoms with E-state index in [0.717, 1.165) is 70.3 Å². The first-order chi connectivity index (χ1) is 17.0. The Bertz CT molecular complexity index is 978. The summed E-state index contributed by atoms with van der Waals surface area (Å²) in [6, 6.07) is 5.21. The molecule has 6 rings (SSSR count). The number of rotatable bonds is 2. The smallest absolute Gasteiger partial charge is 0.270 e. The standard InChI is InChI=1S/C25H31FN2O7/c26-16-9-7-8-15(14-16)21(29)27-28-22(30)19-17-18(33-24(32-17)10-3-1-4-11-24)20-23(31-19)35-25(34-20)12-5-2-6-13-25/h7-9,14,17-20,23H,1-6,10-13H2,(H,27,29)(H,28,30)/t17-,18+,19-,20-,23-/m1/s1. The van der Waals surface area contributed by atoms with Crippen LogP contribution in [0, 0.1) is 5.82 Å². The Morgan fingerprint density at radius 2 is 1.43 bits per heavy atom. The molecule has 2 saturated carbocycles. The van der Waals surface area contributed by atoms with Gasteiger partial charge in [-0.3, -0.25) is 20.4 Å². The van der Waals surface area contributed by atoms with E-state index in [4.69, 9.17) is 23.7 Å². The molecule has 5 aliphatic rings. The fourth-order valence-corrected chi connectivity index (χ4v) is 6.06. The summed E-state index contributed by atoms with van der Waals surface area (Å²) in [5.41, 5.74) is 4.83. The van der Waals surface area contributed by atoms with Gasteiger partial charge in [-0.05, 0) is 43.9 Å². The van der Waals surface area contributed by atoms with Crippen molar-refractivity contribution in [3.05, 3.63) is 35.6 Å². The zero-order valence-corrected chi connectivity index (χ0v) is 19.5. The zero-order valence-electron chi connectivity index (χ0n) is 19.5. The summed E-state index contributed by atoms with van der Waals surface area (Å²) in [6.07, 6.45) is 5.69. The van der Waals surface area contributed by atoms with Crippen LogP contribution in [-0.4, -0.2) is 54.1 Å². The SMILES string of the molecule is O=C(NNC(=O)[C@@H]1O[C@@H]2OC3(CCCCC3)O[C@@H]2[C@H]2OC3(CCCCC3)O[C@H]21)c1cccc(F)c1. The van der Waals surface area contributed by atoms with E-state index in [0.29, 0.717) is 0 Å². The van der Waals surface area contributed by atoms with Gasteiger partial charge < -0.3 is 23.7 Å². The summed E-state index contributed by atoms with van der Waals surface area (Å²) in [4.78, 5) is 25.6. The number of halogens is 1. The maximum absolute atomic E-state index is 13.5. The van der Waals surface area contributed by atoms with Crippen molar-refractivity contribution in [1.29, 1.82) is 0 Å². The number of hydrogen-bond acceptors (Lipinski definition) is 7. The number of carbonyl (C=O) groups excluding carboxylic acids is 2. The summed E-state index contributed by atoms with van der Waals surface area (Å²) in [5.74, 6) is -3.26. The molecule has 5 fully saturated rings. The minimum Gasteiger partial charge on any atom is -0.341 e. The van der Waals surface area contributed by atoms with Gasteiger partial charge in [-0.25, -0.2) is 4.39 Å². The molecule has 0 aromatic heterocycles. The highest BCUT2D eigenvalue weighted by Gasteiger charge is 2.65. The maximum Gasteiger partial charge on any atom is 0.270 e. The molecule has 0 bridgehead atoms. The number of nitrogens with one attached hydrogen (secondary N) is 2. The molecule has 10 heteroatoms. The third kappa shape index (κ3) is 4.35. The molecular formula is C25H31FN2O7. The highest BCUT2D eigenvalue weighted by atomic mass is 19.1. The van der Waals surface area contributed by atoms with Gasteiger partial charge in [0.25, 0.3) is 11.8 Å². The summed E-state index contributed by atoms with van der Waals surface area (Å²) >= 11 is 0. The van der Waals surface area contributed by atoms with Crippen LogP contribution in [0.4, 0.5) is 4.39 Å². The van der Waals surface area contributed by atoms with Crippen LogP contribution in [0.15, 0.2) is 24.3 Å². The van der Waals surface area contributed by atoms with Crippen LogP contribution in [0.2, 0.25) is 0 Å². The lowest BCUT2D eigenvalue weighted by atomic mass is 9.94. The number of ether oxygens (including phenoxy) is 5. The van der Waals surface area contributed by atoms with Crippen LogP contribution in [0.25, 0.3) is 0 Å². The number of hydrogen-bond donors (Lipinski definition) is 2. The van der Waals surface area contributed by atoms with Gasteiger partial charge >= 0.3 is 0 Å². The minimum absolute atomic E-state index is 0.0844. The second-order valence-corrected chi connectivity index (χ2v) is 10.2. The summed E-state index contributed by atoms with van der Waals surface area (Å²) in [5, 5.41) is 0. The molecular weight excluding hydrogens is 459 g/mol. The molecule has 190 valence electrons. The van der Waals surface area contributed by atoms with Crippen molar-refractivity contribution in [2.75, 3.05) is 0 Å². The van der Waals surface area contributed by atoms with Crippen molar-refractivity contribution in [3.63, 3.8) is 0 Å². The molecule has 1 aromatic rings. The average Bonchev–Trinajstić information content (AvgIpc) is 3.40. The predicted octanol–water partition coefficient (Wildman–Crippen LogP) is 2.83. The van der Waals surface area contributed by atoms with Gasteiger partial charge in [0.2, 0.25) is 0 Å². The van der Waals surface area contributed by atoms with Gasteiger partial charge in [0.1, 0.15) is 24.1 Å². The van der Waals surface area contributed by atoms with Crippen LogP contribution in [0.5, 0.6) is 0 Å². The molecule has 35 heavy (non-hydrogen) atoms. The molecule has 2 aliphatic carbocycles. The first kappa shape index (κ1) is 23.3. The highest BCUT2D eigenvalue weighted by Crippen LogP contribution is 2.50. The number of fused-ring (bicyclic) bond motifs is 3. The van der Waals surface area contributed by atoms with Crippen LogP contribution in [-0.2, 0) is 28.5 Å². The van der Waals surface area contributed by atoms with Crippen molar-refractivity contribution < 1.29 is 37.7 Å². The molecule has 2 amide bonds. The zero-order chi connectivity index (χ0) is 24.0. The Morgan fingerprint density at radius 3 is 2.11 bits per heavy atom. The van der Waals surface area contributed by atoms with Gasteiger partial charge in [-0.15, -0.1) is 0 Å². The van der Waals surface area contributed by atoms with E-state index >= 15 is 0 Å². The van der Waals surface area contributed by atoms with E-state index in [2.05, 4.69) is 10.9 Å². The van der Waals surface area contributed by atoms with E-state index in [1.54, 1.807) is 0 Å². The van der Waals surface area contributed by atoms with Crippen LogP contribution >= 0.6 is 0 Å². The molecule has 0 unspecified atom stereocenters. The van der Waals surface area contributed by atoms with E-state index in [1.807, 2.05) is 0 Å². The Labute approximate surface area is 202 Å². The number of carbonyl (C=O) groups is 2. The second-order valence-electron chi connectivity index (χ2n) is 10.2. The largest absolute Gasteiger partial charge is 0.341 e. The second kappa shape index (κ2) is 9.08. The number of benzene rings is 1. The van der Waals surface area contributed by atoms with Crippen molar-refractivity contribution in [1.82, 2.24) is 10.9 Å². The predicted molar refractivity (Wildman–Crippen MR) is 118 cm³/mol. The normalized spacial score (nSPS) is 34.8. The lowest BCUT2D eigenvalue weighted by Gasteiger charge is -2.36. The Balaban J connectivity index is 1.20. The molecule has 9 nitrogen and oxygen atoms in total. The van der Waals surface area contributed by atoms with Gasteiger partial charge in [0, 0.05) is 31.2 Å². The Morgan fingerprint density at radius 1 is 0.800 bits per heavy atom. The third-order valence-electron chi connectivity index (χ3n) is 7.75. The fraction of sp³-hybridized carbons (Fsp3) is 0.680. The Kier molecular flexibility index (Phi) is 6.04. The monoisotopic (exact) mass is 490 g/mol. The summed E-state index contributed by atoms with van der Waals surface area (Å²) in [7, 11) is 0. The van der Waals surface area contributed by atoms with Crippen LogP contribution in [0.3, 0.4) is 0 Å².